The first-order valence-corrected chi connectivity index (χ1v) is 6.29. The van der Waals surface area contributed by atoms with Gasteiger partial charge in [0.25, 0.3) is 0 Å². The summed E-state index contributed by atoms with van der Waals surface area (Å²) in [7, 11) is 1.32. The van der Waals surface area contributed by atoms with E-state index in [0.29, 0.717) is 28.8 Å². The smallest absolute Gasteiger partial charge is 0.339 e. The number of ether oxygens (including phenoxy) is 2. The van der Waals surface area contributed by atoms with Crippen LogP contribution in [0, 0.1) is 0 Å². The normalized spacial score (nSPS) is 15.6. The average Bonchev–Trinajstić information content (AvgIpc) is 2.39. The van der Waals surface area contributed by atoms with Crippen LogP contribution < -0.4 is 4.90 Å². The van der Waals surface area contributed by atoms with E-state index in [1.165, 1.54) is 7.11 Å². The molecule has 1 saturated heterocycles. The fourth-order valence-corrected chi connectivity index (χ4v) is 2.43. The van der Waals surface area contributed by atoms with Gasteiger partial charge in [-0.1, -0.05) is 23.2 Å². The fourth-order valence-electron chi connectivity index (χ4n) is 1.85. The maximum Gasteiger partial charge on any atom is 0.339 e. The monoisotopic (exact) mass is 289 g/mol. The number of carbonyl (C=O) groups excluding carboxylic acids is 1. The Morgan fingerprint density at radius 1 is 1.28 bits per heavy atom. The van der Waals surface area contributed by atoms with Gasteiger partial charge in [-0.15, -0.1) is 0 Å². The van der Waals surface area contributed by atoms with Gasteiger partial charge in [0.2, 0.25) is 0 Å². The van der Waals surface area contributed by atoms with E-state index < -0.39 is 5.97 Å². The molecule has 0 amide bonds. The van der Waals surface area contributed by atoms with Crippen molar-refractivity contribution in [3.8, 4) is 0 Å². The number of rotatable bonds is 2. The molecule has 0 aliphatic carbocycles. The Hall–Kier alpha value is -0.970. The lowest BCUT2D eigenvalue weighted by molar-refractivity contribution is 0.0601. The van der Waals surface area contributed by atoms with Crippen molar-refractivity contribution in [2.24, 2.45) is 0 Å². The molecule has 1 aliphatic heterocycles. The van der Waals surface area contributed by atoms with Crippen molar-refractivity contribution < 1.29 is 14.3 Å². The summed E-state index contributed by atoms with van der Waals surface area (Å²) < 4.78 is 9.97. The summed E-state index contributed by atoms with van der Waals surface area (Å²) in [6.07, 6.45) is 0. The molecule has 1 aromatic rings. The van der Waals surface area contributed by atoms with E-state index >= 15 is 0 Å². The van der Waals surface area contributed by atoms with E-state index in [4.69, 9.17) is 27.9 Å². The third-order valence-electron chi connectivity index (χ3n) is 2.79. The van der Waals surface area contributed by atoms with Gasteiger partial charge >= 0.3 is 5.97 Å². The SMILES string of the molecule is COC(=O)c1cc(N2CCOCC2)c(Cl)cc1Cl. The Balaban J connectivity index is 2.37. The van der Waals surface area contributed by atoms with E-state index in [1.54, 1.807) is 12.1 Å². The van der Waals surface area contributed by atoms with E-state index in [1.807, 2.05) is 0 Å². The first-order chi connectivity index (χ1) is 8.63. The molecule has 1 aromatic carbocycles. The van der Waals surface area contributed by atoms with Gasteiger partial charge in [0.15, 0.2) is 0 Å². The standard InChI is InChI=1S/C12H13Cl2NO3/c1-17-12(16)8-6-11(10(14)7-9(8)13)15-2-4-18-5-3-15/h6-7H,2-5H2,1H3. The number of morpholine rings is 1. The van der Waals surface area contributed by atoms with Crippen LogP contribution in [0.25, 0.3) is 0 Å². The molecular formula is C12H13Cl2NO3. The molecule has 98 valence electrons. The maximum atomic E-state index is 11.6. The van der Waals surface area contributed by atoms with E-state index in [-0.39, 0.29) is 0 Å². The van der Waals surface area contributed by atoms with Crippen LogP contribution in [-0.4, -0.2) is 39.4 Å². The molecule has 1 aliphatic rings. The van der Waals surface area contributed by atoms with Crippen LogP contribution in [0.15, 0.2) is 12.1 Å². The zero-order chi connectivity index (χ0) is 13.1. The number of hydrogen-bond donors (Lipinski definition) is 0. The summed E-state index contributed by atoms with van der Waals surface area (Å²) in [5, 5.41) is 0.818. The highest BCUT2D eigenvalue weighted by Gasteiger charge is 2.19. The van der Waals surface area contributed by atoms with Gasteiger partial charge in [0.05, 0.1) is 41.6 Å². The number of anilines is 1. The van der Waals surface area contributed by atoms with Crippen LogP contribution >= 0.6 is 23.2 Å². The highest BCUT2D eigenvalue weighted by atomic mass is 35.5. The van der Waals surface area contributed by atoms with Gasteiger partial charge in [-0.05, 0) is 12.1 Å². The molecule has 0 atom stereocenters. The summed E-state index contributed by atoms with van der Waals surface area (Å²) in [4.78, 5) is 13.7. The molecule has 4 nitrogen and oxygen atoms in total. The minimum absolute atomic E-state index is 0.295. The summed E-state index contributed by atoms with van der Waals surface area (Å²) in [5.41, 5.74) is 1.11. The molecule has 2 rings (SSSR count). The molecule has 0 radical (unpaired) electrons. The Morgan fingerprint density at radius 3 is 2.56 bits per heavy atom. The van der Waals surface area contributed by atoms with Crippen LogP contribution in [0.1, 0.15) is 10.4 Å². The Bertz CT molecular complexity index is 459. The van der Waals surface area contributed by atoms with E-state index in [9.17, 15) is 4.79 Å². The minimum Gasteiger partial charge on any atom is -0.465 e. The number of esters is 1. The number of carbonyl (C=O) groups is 1. The highest BCUT2D eigenvalue weighted by molar-refractivity contribution is 6.38. The van der Waals surface area contributed by atoms with Crippen molar-refractivity contribution in [1.82, 2.24) is 0 Å². The van der Waals surface area contributed by atoms with Crippen molar-refractivity contribution in [1.29, 1.82) is 0 Å². The van der Waals surface area contributed by atoms with Crippen LogP contribution in [0.4, 0.5) is 5.69 Å². The minimum atomic E-state index is -0.467. The second kappa shape index (κ2) is 5.78. The molecule has 1 fully saturated rings. The largest absolute Gasteiger partial charge is 0.465 e. The van der Waals surface area contributed by atoms with Gasteiger partial charge in [0, 0.05) is 13.1 Å². The Kier molecular flexibility index (Phi) is 4.32. The lowest BCUT2D eigenvalue weighted by Crippen LogP contribution is -2.36. The topological polar surface area (TPSA) is 38.8 Å². The second-order valence-corrected chi connectivity index (χ2v) is 4.69. The Morgan fingerprint density at radius 2 is 1.94 bits per heavy atom. The number of hydrogen-bond acceptors (Lipinski definition) is 4. The van der Waals surface area contributed by atoms with Gasteiger partial charge in [0.1, 0.15) is 0 Å². The third-order valence-corrected chi connectivity index (χ3v) is 3.41. The van der Waals surface area contributed by atoms with Crippen LogP contribution in [-0.2, 0) is 9.47 Å². The van der Waals surface area contributed by atoms with E-state index in [2.05, 4.69) is 9.64 Å². The first-order valence-electron chi connectivity index (χ1n) is 5.53. The van der Waals surface area contributed by atoms with E-state index in [0.717, 1.165) is 18.8 Å². The summed E-state index contributed by atoms with van der Waals surface area (Å²) in [5.74, 6) is -0.467. The Labute approximate surface area is 115 Å². The summed E-state index contributed by atoms with van der Waals surface area (Å²) in [6.45, 7) is 2.77. The average molecular weight is 290 g/mol. The summed E-state index contributed by atoms with van der Waals surface area (Å²) in [6, 6.07) is 3.24. The van der Waals surface area contributed by atoms with Crippen molar-refractivity contribution >= 4 is 34.9 Å². The molecule has 0 spiro atoms. The van der Waals surface area contributed by atoms with Crippen LogP contribution in [0.3, 0.4) is 0 Å². The van der Waals surface area contributed by atoms with Crippen LogP contribution in [0.2, 0.25) is 10.0 Å². The van der Waals surface area contributed by atoms with Crippen molar-refractivity contribution in [3.63, 3.8) is 0 Å². The number of halogens is 2. The van der Waals surface area contributed by atoms with Crippen LogP contribution in [0.5, 0.6) is 0 Å². The molecule has 0 aromatic heterocycles. The zero-order valence-electron chi connectivity index (χ0n) is 9.91. The molecular weight excluding hydrogens is 277 g/mol. The first kappa shape index (κ1) is 13.5. The molecule has 6 heteroatoms. The molecule has 0 unspecified atom stereocenters. The predicted molar refractivity (Wildman–Crippen MR) is 70.8 cm³/mol. The number of benzene rings is 1. The van der Waals surface area contributed by atoms with Crippen molar-refractivity contribution in [3.05, 3.63) is 27.7 Å². The predicted octanol–water partition coefficient (Wildman–Crippen LogP) is 2.62. The third kappa shape index (κ3) is 2.71. The van der Waals surface area contributed by atoms with Crippen molar-refractivity contribution in [2.75, 3.05) is 38.3 Å². The van der Waals surface area contributed by atoms with Crippen molar-refractivity contribution in [2.45, 2.75) is 0 Å². The second-order valence-electron chi connectivity index (χ2n) is 3.87. The number of nitrogens with zero attached hydrogens (tertiary/aromatic N) is 1. The number of methoxy groups -OCH3 is 1. The quantitative estimate of drug-likeness (QED) is 0.785. The summed E-state index contributed by atoms with van der Waals surface area (Å²) >= 11 is 12.1. The van der Waals surface area contributed by atoms with Gasteiger partial charge in [-0.2, -0.15) is 0 Å². The lowest BCUT2D eigenvalue weighted by atomic mass is 10.1. The zero-order valence-corrected chi connectivity index (χ0v) is 11.4. The lowest BCUT2D eigenvalue weighted by Gasteiger charge is -2.30. The molecule has 0 N–H and O–H groups in total. The molecule has 0 bridgehead atoms. The highest BCUT2D eigenvalue weighted by Crippen LogP contribution is 2.32. The van der Waals surface area contributed by atoms with Gasteiger partial charge in [-0.25, -0.2) is 4.79 Å². The molecule has 1 heterocycles. The molecule has 0 saturated carbocycles. The molecule has 18 heavy (non-hydrogen) atoms. The van der Waals surface area contributed by atoms with Gasteiger partial charge < -0.3 is 14.4 Å². The van der Waals surface area contributed by atoms with Gasteiger partial charge in [-0.3, -0.25) is 0 Å². The maximum absolute atomic E-state index is 11.6. The fraction of sp³-hybridized carbons (Fsp3) is 0.417.